The molecule has 4 rings (SSSR count). The molecule has 6 nitrogen and oxygen atoms in total. The first-order valence-electron chi connectivity index (χ1n) is 11.4. The van der Waals surface area contributed by atoms with Crippen LogP contribution < -0.4 is 14.4 Å². The summed E-state index contributed by atoms with van der Waals surface area (Å²) in [6.45, 7) is 2.95. The van der Waals surface area contributed by atoms with E-state index < -0.39 is 0 Å². The van der Waals surface area contributed by atoms with Crippen LogP contribution in [0.3, 0.4) is 0 Å². The van der Waals surface area contributed by atoms with E-state index >= 15 is 0 Å². The summed E-state index contributed by atoms with van der Waals surface area (Å²) in [6.07, 6.45) is 1.60. The van der Waals surface area contributed by atoms with Crippen molar-refractivity contribution in [2.45, 2.75) is 6.61 Å². The summed E-state index contributed by atoms with van der Waals surface area (Å²) in [6, 6.07) is 23.9. The number of hydrogen-bond donors (Lipinski definition) is 0. The predicted molar refractivity (Wildman–Crippen MR) is 153 cm³/mol. The van der Waals surface area contributed by atoms with E-state index in [1.54, 1.807) is 24.2 Å². The van der Waals surface area contributed by atoms with Crippen LogP contribution in [0, 0.1) is 14.9 Å². The SMILES string of the molecule is COc1cc(/C=C(/C#N)C(=O)N2CCN(c3ccccc3)CC2)cc(Br)c1OCc1ccc(I)cc1. The molecule has 36 heavy (non-hydrogen) atoms. The number of methoxy groups -OCH3 is 1. The van der Waals surface area contributed by atoms with Crippen LogP contribution in [0.1, 0.15) is 11.1 Å². The number of ether oxygens (including phenoxy) is 2. The average molecular weight is 658 g/mol. The van der Waals surface area contributed by atoms with Crippen molar-refractivity contribution in [1.29, 1.82) is 5.26 Å². The van der Waals surface area contributed by atoms with Gasteiger partial charge in [-0.1, -0.05) is 30.3 Å². The topological polar surface area (TPSA) is 65.8 Å². The minimum Gasteiger partial charge on any atom is -0.493 e. The number of carbonyl (C=O) groups excluding carboxylic acids is 1. The number of amides is 1. The molecule has 1 fully saturated rings. The lowest BCUT2D eigenvalue weighted by molar-refractivity contribution is -0.126. The summed E-state index contributed by atoms with van der Waals surface area (Å²) in [4.78, 5) is 17.1. The molecule has 1 saturated heterocycles. The van der Waals surface area contributed by atoms with Crippen LogP contribution in [0.4, 0.5) is 5.69 Å². The molecular formula is C28H25BrIN3O3. The monoisotopic (exact) mass is 657 g/mol. The van der Waals surface area contributed by atoms with E-state index in [-0.39, 0.29) is 11.5 Å². The second-order valence-corrected chi connectivity index (χ2v) is 10.3. The van der Waals surface area contributed by atoms with Gasteiger partial charge in [-0.2, -0.15) is 5.26 Å². The molecule has 0 spiro atoms. The average Bonchev–Trinajstić information content (AvgIpc) is 2.92. The molecular weight excluding hydrogens is 633 g/mol. The smallest absolute Gasteiger partial charge is 0.264 e. The summed E-state index contributed by atoms with van der Waals surface area (Å²) in [7, 11) is 1.57. The number of nitrogens with zero attached hydrogens (tertiary/aromatic N) is 3. The van der Waals surface area contributed by atoms with Crippen molar-refractivity contribution < 1.29 is 14.3 Å². The van der Waals surface area contributed by atoms with E-state index in [1.807, 2.05) is 48.5 Å². The Hall–Kier alpha value is -3.03. The molecule has 0 aromatic heterocycles. The number of nitriles is 1. The number of anilines is 1. The van der Waals surface area contributed by atoms with Crippen molar-refractivity contribution in [1.82, 2.24) is 4.90 Å². The second kappa shape index (κ2) is 12.3. The first-order valence-corrected chi connectivity index (χ1v) is 13.3. The van der Waals surface area contributed by atoms with E-state index in [2.05, 4.69) is 61.6 Å². The third-order valence-corrected chi connectivity index (χ3v) is 7.21. The molecule has 0 radical (unpaired) electrons. The van der Waals surface area contributed by atoms with Crippen LogP contribution in [0.5, 0.6) is 11.5 Å². The van der Waals surface area contributed by atoms with Gasteiger partial charge in [0.05, 0.1) is 11.6 Å². The third kappa shape index (κ3) is 6.39. The van der Waals surface area contributed by atoms with Crippen LogP contribution in [0.15, 0.2) is 76.8 Å². The van der Waals surface area contributed by atoms with Crippen molar-refractivity contribution in [3.05, 3.63) is 91.5 Å². The van der Waals surface area contributed by atoms with Crippen LogP contribution in [0.2, 0.25) is 0 Å². The Bertz CT molecular complexity index is 1280. The molecule has 184 valence electrons. The number of carbonyl (C=O) groups is 1. The van der Waals surface area contributed by atoms with Gasteiger partial charge in [0.25, 0.3) is 5.91 Å². The third-order valence-electron chi connectivity index (χ3n) is 5.90. The molecule has 1 aliphatic rings. The van der Waals surface area contributed by atoms with E-state index in [9.17, 15) is 10.1 Å². The normalized spacial score (nSPS) is 13.8. The van der Waals surface area contributed by atoms with Gasteiger partial charge < -0.3 is 19.3 Å². The number of benzene rings is 3. The number of halogens is 2. The summed E-state index contributed by atoms with van der Waals surface area (Å²) in [5.74, 6) is 0.816. The highest BCUT2D eigenvalue weighted by Gasteiger charge is 2.24. The zero-order valence-electron chi connectivity index (χ0n) is 19.8. The number of para-hydroxylation sites is 1. The van der Waals surface area contributed by atoms with Gasteiger partial charge in [0.15, 0.2) is 11.5 Å². The van der Waals surface area contributed by atoms with Crippen molar-refractivity contribution >= 4 is 56.2 Å². The Labute approximate surface area is 233 Å². The highest BCUT2D eigenvalue weighted by Crippen LogP contribution is 2.38. The van der Waals surface area contributed by atoms with Gasteiger partial charge in [-0.15, -0.1) is 0 Å². The Morgan fingerprint density at radius 3 is 2.42 bits per heavy atom. The van der Waals surface area contributed by atoms with E-state index in [0.29, 0.717) is 41.2 Å². The lowest BCUT2D eigenvalue weighted by Crippen LogP contribution is -2.49. The van der Waals surface area contributed by atoms with Crippen LogP contribution >= 0.6 is 38.5 Å². The molecule has 0 unspecified atom stereocenters. The zero-order chi connectivity index (χ0) is 25.5. The van der Waals surface area contributed by atoms with Crippen LogP contribution in [-0.2, 0) is 11.4 Å². The molecule has 0 aliphatic carbocycles. The first kappa shape index (κ1) is 26.0. The fraction of sp³-hybridized carbons (Fsp3) is 0.214. The van der Waals surface area contributed by atoms with Crippen molar-refractivity contribution in [3.63, 3.8) is 0 Å². The molecule has 0 saturated carbocycles. The Kier molecular flexibility index (Phi) is 8.88. The molecule has 1 heterocycles. The summed E-state index contributed by atoms with van der Waals surface area (Å²) >= 11 is 5.82. The zero-order valence-corrected chi connectivity index (χ0v) is 23.5. The molecule has 8 heteroatoms. The Morgan fingerprint density at radius 2 is 1.78 bits per heavy atom. The Balaban J connectivity index is 1.46. The van der Waals surface area contributed by atoms with Gasteiger partial charge in [-0.25, -0.2) is 0 Å². The summed E-state index contributed by atoms with van der Waals surface area (Å²) < 4.78 is 13.4. The van der Waals surface area contributed by atoms with Crippen LogP contribution in [-0.4, -0.2) is 44.1 Å². The van der Waals surface area contributed by atoms with Crippen LogP contribution in [0.25, 0.3) is 6.08 Å². The van der Waals surface area contributed by atoms with E-state index in [4.69, 9.17) is 9.47 Å². The van der Waals surface area contributed by atoms with Crippen molar-refractivity contribution in [3.8, 4) is 17.6 Å². The minimum absolute atomic E-state index is 0.0877. The largest absolute Gasteiger partial charge is 0.493 e. The van der Waals surface area contributed by atoms with E-state index in [1.165, 1.54) is 0 Å². The van der Waals surface area contributed by atoms with Gasteiger partial charge in [-0.05, 0) is 92.1 Å². The lowest BCUT2D eigenvalue weighted by atomic mass is 10.1. The number of piperazine rings is 1. The summed E-state index contributed by atoms with van der Waals surface area (Å²) in [5, 5.41) is 9.75. The van der Waals surface area contributed by atoms with Gasteiger partial charge >= 0.3 is 0 Å². The number of hydrogen-bond acceptors (Lipinski definition) is 5. The predicted octanol–water partition coefficient (Wildman–Crippen LogP) is 5.90. The van der Waals surface area contributed by atoms with Gasteiger partial charge in [-0.3, -0.25) is 4.79 Å². The van der Waals surface area contributed by atoms with Gasteiger partial charge in [0, 0.05) is 35.4 Å². The lowest BCUT2D eigenvalue weighted by Gasteiger charge is -2.36. The molecule has 3 aromatic carbocycles. The standard InChI is InChI=1S/C28H25BrIN3O3/c1-35-26-17-21(16-25(29)27(26)36-19-20-7-9-23(30)10-8-20)15-22(18-31)28(34)33-13-11-32(12-14-33)24-5-3-2-4-6-24/h2-10,15-17H,11-14,19H2,1H3/b22-15-. The Morgan fingerprint density at radius 1 is 1.08 bits per heavy atom. The maximum Gasteiger partial charge on any atom is 0.264 e. The first-order chi connectivity index (χ1) is 17.5. The second-order valence-electron chi connectivity index (χ2n) is 8.23. The molecule has 1 amide bonds. The highest BCUT2D eigenvalue weighted by atomic mass is 127. The molecule has 0 atom stereocenters. The fourth-order valence-corrected chi connectivity index (χ4v) is 4.92. The minimum atomic E-state index is -0.265. The maximum absolute atomic E-state index is 13.1. The molecule has 1 aliphatic heterocycles. The maximum atomic E-state index is 13.1. The molecule has 3 aromatic rings. The van der Waals surface area contributed by atoms with Gasteiger partial charge in [0.1, 0.15) is 18.2 Å². The molecule has 0 bridgehead atoms. The number of rotatable bonds is 7. The quantitative estimate of drug-likeness (QED) is 0.180. The highest BCUT2D eigenvalue weighted by molar-refractivity contribution is 14.1. The fourth-order valence-electron chi connectivity index (χ4n) is 3.98. The van der Waals surface area contributed by atoms with Crippen molar-refractivity contribution in [2.75, 3.05) is 38.2 Å². The molecule has 0 N–H and O–H groups in total. The van der Waals surface area contributed by atoms with Crippen molar-refractivity contribution in [2.24, 2.45) is 0 Å². The van der Waals surface area contributed by atoms with E-state index in [0.717, 1.165) is 27.9 Å². The summed E-state index contributed by atoms with van der Waals surface area (Å²) in [5.41, 5.74) is 2.94. The van der Waals surface area contributed by atoms with Gasteiger partial charge in [0.2, 0.25) is 0 Å².